The van der Waals surface area contributed by atoms with Crippen molar-refractivity contribution < 1.29 is 9.22 Å². The fraction of sp³-hybridized carbons (Fsp3) is 0.235. The Morgan fingerprint density at radius 3 is 2.79 bits per heavy atom. The number of aromatic nitrogens is 3. The van der Waals surface area contributed by atoms with Crippen LogP contribution in [-0.2, 0) is 22.7 Å². The first-order valence-corrected chi connectivity index (χ1v) is 8.12. The molecule has 0 aliphatic heterocycles. The van der Waals surface area contributed by atoms with Gasteiger partial charge in [-0.2, -0.15) is 4.33 Å². The molecule has 1 aromatic carbocycles. The number of hydrogen-bond acceptors (Lipinski definition) is 6. The van der Waals surface area contributed by atoms with Crippen molar-refractivity contribution in [2.75, 3.05) is 7.11 Å². The molecular weight excluding hydrogens is 326 g/mol. The van der Waals surface area contributed by atoms with Gasteiger partial charge in [0.15, 0.2) is 0 Å². The minimum Gasteiger partial charge on any atom is -0.295 e. The van der Waals surface area contributed by atoms with Crippen molar-refractivity contribution in [2.24, 2.45) is 7.05 Å². The highest BCUT2D eigenvalue weighted by molar-refractivity contribution is 7.94. The number of nitrogens with zero attached hydrogens (tertiary/aromatic N) is 3. The Hall–Kier alpha value is -2.22. The van der Waals surface area contributed by atoms with Gasteiger partial charge in [-0.05, 0) is 24.1 Å². The van der Waals surface area contributed by atoms with Crippen LogP contribution in [0.1, 0.15) is 16.7 Å². The van der Waals surface area contributed by atoms with E-state index in [1.54, 1.807) is 17.8 Å². The first kappa shape index (κ1) is 16.6. The molecule has 0 atom stereocenters. The van der Waals surface area contributed by atoms with Gasteiger partial charge in [0, 0.05) is 30.6 Å². The monoisotopic (exact) mass is 343 g/mol. The zero-order valence-corrected chi connectivity index (χ0v) is 14.5. The lowest BCUT2D eigenvalue weighted by molar-refractivity contribution is -0.160. The molecular formula is C17H17N3O3S. The van der Waals surface area contributed by atoms with Crippen LogP contribution in [0, 0.1) is 6.92 Å². The zero-order chi connectivity index (χ0) is 17.1. The van der Waals surface area contributed by atoms with Crippen molar-refractivity contribution >= 4 is 23.1 Å². The second-order valence-corrected chi connectivity index (χ2v) is 6.05. The maximum absolute atomic E-state index is 12.7. The summed E-state index contributed by atoms with van der Waals surface area (Å²) in [6, 6.07) is 9.92. The third kappa shape index (κ3) is 3.33. The van der Waals surface area contributed by atoms with E-state index in [2.05, 4.69) is 14.9 Å². The maximum Gasteiger partial charge on any atom is 0.255 e. The normalized spacial score (nSPS) is 11.1. The molecule has 3 rings (SSSR count). The molecule has 0 saturated heterocycles. The van der Waals surface area contributed by atoms with E-state index in [1.807, 2.05) is 37.3 Å². The molecule has 0 aliphatic rings. The SMILES string of the molecule is COOSc1ncc2cc(Cc3ccccc3C)c(=O)n(C)c2n1. The van der Waals surface area contributed by atoms with Crippen LogP contribution in [0.15, 0.2) is 46.5 Å². The van der Waals surface area contributed by atoms with Gasteiger partial charge in [-0.1, -0.05) is 24.3 Å². The summed E-state index contributed by atoms with van der Waals surface area (Å²) >= 11 is 0.899. The number of rotatable bonds is 5. The topological polar surface area (TPSA) is 66.2 Å². The van der Waals surface area contributed by atoms with Gasteiger partial charge in [-0.3, -0.25) is 9.36 Å². The summed E-state index contributed by atoms with van der Waals surface area (Å²) in [5, 5.41) is 1.19. The van der Waals surface area contributed by atoms with Crippen molar-refractivity contribution in [3.63, 3.8) is 0 Å². The molecule has 124 valence electrons. The van der Waals surface area contributed by atoms with Crippen LogP contribution < -0.4 is 5.56 Å². The van der Waals surface area contributed by atoms with E-state index < -0.39 is 0 Å². The molecule has 0 radical (unpaired) electrons. The van der Waals surface area contributed by atoms with Gasteiger partial charge in [0.1, 0.15) is 17.7 Å². The van der Waals surface area contributed by atoms with Crippen molar-refractivity contribution in [1.29, 1.82) is 0 Å². The Labute approximate surface area is 143 Å². The predicted octanol–water partition coefficient (Wildman–Crippen LogP) is 2.81. The molecule has 0 unspecified atom stereocenters. The van der Waals surface area contributed by atoms with Gasteiger partial charge in [-0.25, -0.2) is 14.9 Å². The summed E-state index contributed by atoms with van der Waals surface area (Å²) in [6.45, 7) is 2.04. The average molecular weight is 343 g/mol. The third-order valence-corrected chi connectivity index (χ3v) is 4.37. The molecule has 2 aromatic heterocycles. The van der Waals surface area contributed by atoms with Gasteiger partial charge < -0.3 is 0 Å². The van der Waals surface area contributed by atoms with Gasteiger partial charge in [0.2, 0.25) is 5.16 Å². The van der Waals surface area contributed by atoms with Crippen molar-refractivity contribution in [2.45, 2.75) is 18.5 Å². The average Bonchev–Trinajstić information content (AvgIpc) is 2.59. The van der Waals surface area contributed by atoms with Gasteiger partial charge >= 0.3 is 0 Å². The van der Waals surface area contributed by atoms with Gasteiger partial charge in [0.05, 0.1) is 7.11 Å². The predicted molar refractivity (Wildman–Crippen MR) is 92.7 cm³/mol. The van der Waals surface area contributed by atoms with Crippen LogP contribution in [-0.4, -0.2) is 21.6 Å². The first-order chi connectivity index (χ1) is 11.6. The standard InChI is InChI=1S/C17H17N3O3S/c1-11-6-4-5-7-12(11)8-13-9-14-10-18-17(24-23-22-3)19-15(14)20(2)16(13)21/h4-7,9-10H,8H2,1-3H3. The molecule has 0 spiro atoms. The second-order valence-electron chi connectivity index (χ2n) is 5.39. The number of aryl methyl sites for hydroxylation is 2. The van der Waals surface area contributed by atoms with Crippen LogP contribution in [0.25, 0.3) is 11.0 Å². The molecule has 0 bridgehead atoms. The van der Waals surface area contributed by atoms with Crippen LogP contribution in [0.4, 0.5) is 0 Å². The molecule has 24 heavy (non-hydrogen) atoms. The number of pyridine rings is 1. The van der Waals surface area contributed by atoms with E-state index in [0.717, 1.165) is 28.6 Å². The summed E-state index contributed by atoms with van der Waals surface area (Å²) in [7, 11) is 3.12. The smallest absolute Gasteiger partial charge is 0.255 e. The third-order valence-electron chi connectivity index (χ3n) is 3.82. The van der Waals surface area contributed by atoms with E-state index in [0.29, 0.717) is 17.2 Å². The lowest BCUT2D eigenvalue weighted by Crippen LogP contribution is -2.22. The Balaban J connectivity index is 2.03. The zero-order valence-electron chi connectivity index (χ0n) is 13.6. The lowest BCUT2D eigenvalue weighted by Gasteiger charge is -2.10. The highest BCUT2D eigenvalue weighted by atomic mass is 32.2. The minimum atomic E-state index is -0.0620. The summed E-state index contributed by atoms with van der Waals surface area (Å²) in [5.74, 6) is 0. The van der Waals surface area contributed by atoms with Crippen LogP contribution in [0.3, 0.4) is 0 Å². The Bertz CT molecular complexity index is 940. The van der Waals surface area contributed by atoms with E-state index in [1.165, 1.54) is 12.7 Å². The second kappa shape index (κ2) is 7.12. The van der Waals surface area contributed by atoms with Crippen LogP contribution in [0.2, 0.25) is 0 Å². The van der Waals surface area contributed by atoms with Crippen molar-refractivity contribution in [1.82, 2.24) is 14.5 Å². The van der Waals surface area contributed by atoms with Crippen LogP contribution in [0.5, 0.6) is 0 Å². The maximum atomic E-state index is 12.7. The molecule has 3 aromatic rings. The van der Waals surface area contributed by atoms with E-state index in [-0.39, 0.29) is 5.56 Å². The highest BCUT2D eigenvalue weighted by Crippen LogP contribution is 2.19. The Kier molecular flexibility index (Phi) is 4.94. The number of fused-ring (bicyclic) bond motifs is 1. The summed E-state index contributed by atoms with van der Waals surface area (Å²) < 4.78 is 6.30. The van der Waals surface area contributed by atoms with E-state index in [4.69, 9.17) is 4.33 Å². The van der Waals surface area contributed by atoms with E-state index >= 15 is 0 Å². The molecule has 0 fully saturated rings. The number of hydrogen-bond donors (Lipinski definition) is 0. The minimum absolute atomic E-state index is 0.0620. The quantitative estimate of drug-likeness (QED) is 0.307. The molecule has 0 N–H and O–H groups in total. The molecule has 0 aliphatic carbocycles. The highest BCUT2D eigenvalue weighted by Gasteiger charge is 2.11. The summed E-state index contributed by atoms with van der Waals surface area (Å²) in [4.78, 5) is 25.7. The van der Waals surface area contributed by atoms with Crippen molar-refractivity contribution in [3.8, 4) is 0 Å². The largest absolute Gasteiger partial charge is 0.295 e. The lowest BCUT2D eigenvalue weighted by atomic mass is 10.0. The van der Waals surface area contributed by atoms with E-state index in [9.17, 15) is 4.79 Å². The van der Waals surface area contributed by atoms with Gasteiger partial charge in [-0.15, -0.1) is 0 Å². The Morgan fingerprint density at radius 1 is 1.25 bits per heavy atom. The van der Waals surface area contributed by atoms with Gasteiger partial charge in [0.25, 0.3) is 5.56 Å². The molecule has 0 saturated carbocycles. The molecule has 6 nitrogen and oxygen atoms in total. The first-order valence-electron chi connectivity index (χ1n) is 7.37. The Morgan fingerprint density at radius 2 is 2.04 bits per heavy atom. The molecule has 0 amide bonds. The summed E-state index contributed by atoms with van der Waals surface area (Å²) in [6.07, 6.45) is 2.27. The number of benzene rings is 1. The van der Waals surface area contributed by atoms with Crippen molar-refractivity contribution in [3.05, 3.63) is 63.6 Å². The fourth-order valence-electron chi connectivity index (χ4n) is 2.54. The van der Waals surface area contributed by atoms with Crippen LogP contribution >= 0.6 is 12.0 Å². The fourth-order valence-corrected chi connectivity index (χ4v) is 2.89. The molecule has 2 heterocycles. The molecule has 7 heteroatoms. The summed E-state index contributed by atoms with van der Waals surface area (Å²) in [5.41, 5.74) is 3.52.